The van der Waals surface area contributed by atoms with E-state index in [-0.39, 0.29) is 0 Å². The van der Waals surface area contributed by atoms with Crippen molar-refractivity contribution in [1.29, 1.82) is 0 Å². The maximum Gasteiger partial charge on any atom is 0.0861 e. The summed E-state index contributed by atoms with van der Waals surface area (Å²) in [6, 6.07) is 0. The maximum atomic E-state index is 4.39. The van der Waals surface area contributed by atoms with Gasteiger partial charge in [-0.15, -0.1) is 0 Å². The molecule has 0 aliphatic rings. The van der Waals surface area contributed by atoms with Crippen LogP contribution < -0.4 is 5.43 Å². The summed E-state index contributed by atoms with van der Waals surface area (Å²) in [7, 11) is 1.78. The second-order valence-electron chi connectivity index (χ2n) is 2.98. The molecule has 0 aromatic carbocycles. The Morgan fingerprint density at radius 2 is 2.07 bits per heavy atom. The minimum Gasteiger partial charge on any atom is -0.313 e. The van der Waals surface area contributed by atoms with Gasteiger partial charge in [0.1, 0.15) is 0 Å². The van der Waals surface area contributed by atoms with Gasteiger partial charge in [0.25, 0.3) is 0 Å². The first kappa shape index (κ1) is 12.6. The van der Waals surface area contributed by atoms with Gasteiger partial charge in [0.15, 0.2) is 0 Å². The average molecular weight is 193 g/mol. The quantitative estimate of drug-likeness (QED) is 0.406. The molecule has 1 N–H and O–H groups in total. The lowest BCUT2D eigenvalue weighted by Gasteiger charge is -2.04. The number of nitrogens with one attached hydrogen (secondary N) is 1. The summed E-state index contributed by atoms with van der Waals surface area (Å²) < 4.78 is 0. The van der Waals surface area contributed by atoms with E-state index in [0.717, 1.165) is 23.5 Å². The average Bonchev–Trinajstić information content (AvgIpc) is 2.13. The van der Waals surface area contributed by atoms with Crippen molar-refractivity contribution >= 4 is 11.4 Å². The molecule has 14 heavy (non-hydrogen) atoms. The van der Waals surface area contributed by atoms with Crippen molar-refractivity contribution in [3.05, 3.63) is 24.4 Å². The molecule has 0 saturated heterocycles. The van der Waals surface area contributed by atoms with Crippen LogP contribution in [0.15, 0.2) is 34.5 Å². The van der Waals surface area contributed by atoms with Crippen molar-refractivity contribution in [3.63, 3.8) is 0 Å². The van der Waals surface area contributed by atoms with Gasteiger partial charge in [0, 0.05) is 12.8 Å². The normalized spacial score (nSPS) is 12.3. The van der Waals surface area contributed by atoms with Crippen LogP contribution >= 0.6 is 0 Å². The summed E-state index contributed by atoms with van der Waals surface area (Å²) >= 11 is 0. The molecule has 0 atom stereocenters. The first-order chi connectivity index (χ1) is 6.65. The first-order valence-electron chi connectivity index (χ1n) is 4.74. The summed E-state index contributed by atoms with van der Waals surface area (Å²) in [5.41, 5.74) is 5.59. The zero-order valence-corrected chi connectivity index (χ0v) is 9.46. The van der Waals surface area contributed by atoms with Crippen molar-refractivity contribution in [1.82, 2.24) is 5.43 Å². The van der Waals surface area contributed by atoms with E-state index in [0.29, 0.717) is 0 Å². The molecule has 0 amide bonds. The molecule has 0 bridgehead atoms. The van der Waals surface area contributed by atoms with Gasteiger partial charge in [-0.2, -0.15) is 5.10 Å². The van der Waals surface area contributed by atoms with E-state index in [4.69, 9.17) is 0 Å². The van der Waals surface area contributed by atoms with Crippen molar-refractivity contribution < 1.29 is 0 Å². The fourth-order valence-corrected chi connectivity index (χ4v) is 1.00. The van der Waals surface area contributed by atoms with Gasteiger partial charge < -0.3 is 5.43 Å². The minimum absolute atomic E-state index is 0.845. The maximum absolute atomic E-state index is 4.39. The molecule has 0 radical (unpaired) electrons. The van der Waals surface area contributed by atoms with E-state index < -0.39 is 0 Å². The molecule has 0 saturated carbocycles. The summed E-state index contributed by atoms with van der Waals surface area (Å²) in [5, 5.41) is 4.16. The number of allylic oxidation sites excluding steroid dienone is 3. The second kappa shape index (κ2) is 7.06. The molecule has 78 valence electrons. The predicted molar refractivity (Wildman–Crippen MR) is 63.8 cm³/mol. The fraction of sp³-hybridized carbons (Fsp3) is 0.455. The summed E-state index contributed by atoms with van der Waals surface area (Å²) in [6.07, 6.45) is 4.44. The smallest absolute Gasteiger partial charge is 0.0861 e. The zero-order valence-electron chi connectivity index (χ0n) is 9.46. The molecule has 0 aliphatic carbocycles. The van der Waals surface area contributed by atoms with Crippen LogP contribution in [-0.4, -0.2) is 18.5 Å². The number of hydrogen-bond acceptors (Lipinski definition) is 3. The largest absolute Gasteiger partial charge is 0.313 e. The topological polar surface area (TPSA) is 36.8 Å². The molecule has 0 unspecified atom stereocenters. The minimum atomic E-state index is 0.845. The lowest BCUT2D eigenvalue weighted by atomic mass is 10.2. The van der Waals surface area contributed by atoms with Crippen LogP contribution in [-0.2, 0) is 0 Å². The fourth-order valence-electron chi connectivity index (χ4n) is 1.00. The van der Waals surface area contributed by atoms with Crippen molar-refractivity contribution in [3.8, 4) is 0 Å². The molecule has 0 heterocycles. The lowest BCUT2D eigenvalue weighted by Crippen LogP contribution is -2.07. The van der Waals surface area contributed by atoms with Gasteiger partial charge in [-0.3, -0.25) is 4.99 Å². The van der Waals surface area contributed by atoms with Gasteiger partial charge in [-0.1, -0.05) is 19.6 Å². The molecular weight excluding hydrogens is 174 g/mol. The third-order valence-corrected chi connectivity index (χ3v) is 1.50. The van der Waals surface area contributed by atoms with E-state index >= 15 is 0 Å². The monoisotopic (exact) mass is 193 g/mol. The van der Waals surface area contributed by atoms with Gasteiger partial charge in [-0.25, -0.2) is 0 Å². The van der Waals surface area contributed by atoms with E-state index in [1.54, 1.807) is 13.1 Å². The zero-order chi connectivity index (χ0) is 11.0. The Morgan fingerprint density at radius 3 is 2.43 bits per heavy atom. The molecule has 0 spiro atoms. The van der Waals surface area contributed by atoms with Gasteiger partial charge in [-0.05, 0) is 26.3 Å². The van der Waals surface area contributed by atoms with Gasteiger partial charge >= 0.3 is 0 Å². The third-order valence-electron chi connectivity index (χ3n) is 1.50. The number of hydrogen-bond donors (Lipinski definition) is 1. The number of hydrazone groups is 1. The number of nitrogens with zero attached hydrogens (tertiary/aromatic N) is 2. The Kier molecular flexibility index (Phi) is 6.37. The Morgan fingerprint density at radius 1 is 1.43 bits per heavy atom. The van der Waals surface area contributed by atoms with Crippen LogP contribution in [0.4, 0.5) is 0 Å². The van der Waals surface area contributed by atoms with E-state index in [1.165, 1.54) is 0 Å². The highest BCUT2D eigenvalue weighted by Crippen LogP contribution is 2.05. The van der Waals surface area contributed by atoms with E-state index in [2.05, 4.69) is 22.1 Å². The summed E-state index contributed by atoms with van der Waals surface area (Å²) in [5.74, 6) is 0. The highest BCUT2D eigenvalue weighted by Gasteiger charge is 2.02. The Balaban J connectivity index is 4.99. The van der Waals surface area contributed by atoms with Crippen molar-refractivity contribution in [2.45, 2.75) is 27.2 Å². The summed E-state index contributed by atoms with van der Waals surface area (Å²) in [6.45, 7) is 9.64. The van der Waals surface area contributed by atoms with Crippen molar-refractivity contribution in [2.24, 2.45) is 10.1 Å². The molecule has 3 heteroatoms. The number of aliphatic imine (C=N–C) groups is 1. The molecule has 0 fully saturated rings. The highest BCUT2D eigenvalue weighted by molar-refractivity contribution is 6.01. The van der Waals surface area contributed by atoms with E-state index in [1.807, 2.05) is 26.8 Å². The van der Waals surface area contributed by atoms with Gasteiger partial charge in [0.05, 0.1) is 11.4 Å². The molecular formula is C11H19N3. The van der Waals surface area contributed by atoms with Crippen LogP contribution in [0.1, 0.15) is 27.2 Å². The SMILES string of the molecule is C=C/C=C(N=C(C)C)/C(CC)=N/NC. The molecule has 0 aliphatic heterocycles. The Hall–Kier alpha value is -1.38. The standard InChI is InChI=1S/C11H19N3/c1-6-8-11(13-9(3)4)10(7-2)14-12-5/h6,8,12H,1,7H2,2-5H3/b11-8-,14-10+. The summed E-state index contributed by atoms with van der Waals surface area (Å²) in [4.78, 5) is 4.39. The second-order valence-corrected chi connectivity index (χ2v) is 2.98. The molecule has 0 aromatic heterocycles. The molecule has 3 nitrogen and oxygen atoms in total. The third kappa shape index (κ3) is 4.60. The lowest BCUT2D eigenvalue weighted by molar-refractivity contribution is 0.890. The van der Waals surface area contributed by atoms with Crippen LogP contribution in [0.3, 0.4) is 0 Å². The van der Waals surface area contributed by atoms with Crippen LogP contribution in [0.25, 0.3) is 0 Å². The van der Waals surface area contributed by atoms with E-state index in [9.17, 15) is 0 Å². The van der Waals surface area contributed by atoms with Crippen molar-refractivity contribution in [2.75, 3.05) is 7.05 Å². The molecule has 0 rings (SSSR count). The highest BCUT2D eigenvalue weighted by atomic mass is 15.3. The molecule has 0 aromatic rings. The van der Waals surface area contributed by atoms with Crippen LogP contribution in [0.5, 0.6) is 0 Å². The Bertz CT molecular complexity index is 268. The Labute approximate surface area is 86.3 Å². The van der Waals surface area contributed by atoms with Gasteiger partial charge in [0.2, 0.25) is 0 Å². The first-order valence-corrected chi connectivity index (χ1v) is 4.74. The number of rotatable bonds is 5. The van der Waals surface area contributed by atoms with Crippen LogP contribution in [0.2, 0.25) is 0 Å². The van der Waals surface area contributed by atoms with Crippen LogP contribution in [0, 0.1) is 0 Å². The predicted octanol–water partition coefficient (Wildman–Crippen LogP) is 2.52.